The molecule has 66 valence electrons. The third kappa shape index (κ3) is 1.60. The van der Waals surface area contributed by atoms with E-state index >= 15 is 0 Å². The molecule has 1 nitrogen and oxygen atoms in total. The van der Waals surface area contributed by atoms with Gasteiger partial charge in [0.15, 0.2) is 0 Å². The summed E-state index contributed by atoms with van der Waals surface area (Å²) in [5.74, 6) is -1.74. The molecule has 0 saturated heterocycles. The number of aliphatic hydroxyl groups is 1. The third-order valence-corrected chi connectivity index (χ3v) is 2.21. The molecule has 1 aromatic rings. The van der Waals surface area contributed by atoms with Crippen LogP contribution in [-0.2, 0) is 6.61 Å². The molecule has 0 aliphatic heterocycles. The average Bonchev–Trinajstić information content (AvgIpc) is 2.02. The van der Waals surface area contributed by atoms with Crippen LogP contribution in [0.1, 0.15) is 5.56 Å². The van der Waals surface area contributed by atoms with Crippen LogP contribution in [0.5, 0.6) is 0 Å². The van der Waals surface area contributed by atoms with Crippen molar-refractivity contribution in [3.63, 3.8) is 0 Å². The Bertz CT molecular complexity index is 291. The van der Waals surface area contributed by atoms with Gasteiger partial charge in [0.05, 0.1) is 21.7 Å². The maximum Gasteiger partial charge on any atom is 0.150 e. The standard InChI is InChI=1S/C7H4BrClF2O/c8-4-1-5(9)7(11)3(2-12)6(4)10/h1,12H,2H2. The van der Waals surface area contributed by atoms with Crippen molar-refractivity contribution in [1.82, 2.24) is 0 Å². The van der Waals surface area contributed by atoms with Crippen LogP contribution in [0.25, 0.3) is 0 Å². The van der Waals surface area contributed by atoms with E-state index in [0.717, 1.165) is 6.07 Å². The monoisotopic (exact) mass is 256 g/mol. The zero-order chi connectivity index (χ0) is 9.30. The van der Waals surface area contributed by atoms with Crippen molar-refractivity contribution >= 4 is 27.5 Å². The van der Waals surface area contributed by atoms with Crippen molar-refractivity contribution in [1.29, 1.82) is 0 Å². The van der Waals surface area contributed by atoms with Gasteiger partial charge in [0.2, 0.25) is 0 Å². The molecule has 0 aromatic heterocycles. The van der Waals surface area contributed by atoms with Crippen molar-refractivity contribution < 1.29 is 13.9 Å². The second-order valence-electron chi connectivity index (χ2n) is 2.10. The lowest BCUT2D eigenvalue weighted by atomic mass is 10.2. The van der Waals surface area contributed by atoms with Crippen molar-refractivity contribution in [3.8, 4) is 0 Å². The summed E-state index contributed by atoms with van der Waals surface area (Å²) in [6.07, 6.45) is 0. The van der Waals surface area contributed by atoms with Gasteiger partial charge in [-0.3, -0.25) is 0 Å². The van der Waals surface area contributed by atoms with Crippen molar-refractivity contribution in [3.05, 3.63) is 32.8 Å². The molecule has 1 N–H and O–H groups in total. The summed E-state index contributed by atoms with van der Waals surface area (Å²) < 4.78 is 25.9. The van der Waals surface area contributed by atoms with Crippen LogP contribution in [0, 0.1) is 11.6 Å². The van der Waals surface area contributed by atoms with Gasteiger partial charge >= 0.3 is 0 Å². The zero-order valence-corrected chi connectivity index (χ0v) is 8.09. The van der Waals surface area contributed by atoms with Gasteiger partial charge in [0.25, 0.3) is 0 Å². The first-order chi connectivity index (χ1) is 5.57. The number of benzene rings is 1. The molecule has 0 radical (unpaired) electrons. The Morgan fingerprint density at radius 3 is 2.50 bits per heavy atom. The Labute approximate surface area is 81.1 Å². The fourth-order valence-corrected chi connectivity index (χ4v) is 1.58. The second kappa shape index (κ2) is 3.68. The van der Waals surface area contributed by atoms with Gasteiger partial charge < -0.3 is 5.11 Å². The van der Waals surface area contributed by atoms with Crippen LogP contribution in [-0.4, -0.2) is 5.11 Å². The van der Waals surface area contributed by atoms with Crippen LogP contribution in [0.4, 0.5) is 8.78 Å². The van der Waals surface area contributed by atoms with E-state index in [0.29, 0.717) is 0 Å². The van der Waals surface area contributed by atoms with Gasteiger partial charge in [-0.25, -0.2) is 8.78 Å². The molecule has 0 aliphatic carbocycles. The SMILES string of the molecule is OCc1c(F)c(Cl)cc(Br)c1F. The Morgan fingerprint density at radius 2 is 2.00 bits per heavy atom. The summed E-state index contributed by atoms with van der Waals surface area (Å²) in [7, 11) is 0. The normalized spacial score (nSPS) is 10.4. The van der Waals surface area contributed by atoms with Gasteiger partial charge in [0.1, 0.15) is 11.6 Å². The summed E-state index contributed by atoms with van der Waals surface area (Å²) >= 11 is 8.22. The van der Waals surface area contributed by atoms with Crippen LogP contribution in [0.2, 0.25) is 5.02 Å². The molecular formula is C7H4BrClF2O. The maximum atomic E-state index is 12.9. The van der Waals surface area contributed by atoms with Crippen LogP contribution < -0.4 is 0 Å². The molecule has 1 rings (SSSR count). The van der Waals surface area contributed by atoms with E-state index < -0.39 is 23.8 Å². The number of hydrogen-bond acceptors (Lipinski definition) is 1. The second-order valence-corrected chi connectivity index (χ2v) is 3.37. The number of rotatable bonds is 1. The van der Waals surface area contributed by atoms with Gasteiger partial charge in [-0.15, -0.1) is 0 Å². The van der Waals surface area contributed by atoms with Crippen LogP contribution in [0.3, 0.4) is 0 Å². The number of hydrogen-bond donors (Lipinski definition) is 1. The lowest BCUT2D eigenvalue weighted by molar-refractivity contribution is 0.268. The van der Waals surface area contributed by atoms with E-state index in [1.807, 2.05) is 0 Å². The van der Waals surface area contributed by atoms with Gasteiger partial charge in [-0.05, 0) is 22.0 Å². The molecule has 0 fully saturated rings. The van der Waals surface area contributed by atoms with Crippen molar-refractivity contribution in [2.24, 2.45) is 0 Å². The lowest BCUT2D eigenvalue weighted by Gasteiger charge is -2.04. The number of halogens is 4. The minimum Gasteiger partial charge on any atom is -0.391 e. The van der Waals surface area contributed by atoms with Gasteiger partial charge in [-0.1, -0.05) is 11.6 Å². The van der Waals surface area contributed by atoms with Crippen LogP contribution in [0.15, 0.2) is 10.5 Å². The summed E-state index contributed by atoms with van der Waals surface area (Å²) in [6, 6.07) is 1.10. The topological polar surface area (TPSA) is 20.2 Å². The predicted molar refractivity (Wildman–Crippen MR) is 45.0 cm³/mol. The minimum atomic E-state index is -0.917. The summed E-state index contributed by atoms with van der Waals surface area (Å²) in [6.45, 7) is -0.711. The van der Waals surface area contributed by atoms with Gasteiger partial charge in [-0.2, -0.15) is 0 Å². The number of aliphatic hydroxyl groups excluding tert-OH is 1. The largest absolute Gasteiger partial charge is 0.391 e. The first kappa shape index (κ1) is 9.89. The van der Waals surface area contributed by atoms with E-state index in [-0.39, 0.29) is 9.50 Å². The lowest BCUT2D eigenvalue weighted by Crippen LogP contribution is -1.97. The van der Waals surface area contributed by atoms with E-state index in [4.69, 9.17) is 16.7 Å². The first-order valence-corrected chi connectivity index (χ1v) is 4.17. The molecule has 0 aliphatic rings. The molecule has 0 atom stereocenters. The van der Waals surface area contributed by atoms with E-state index in [9.17, 15) is 8.78 Å². The van der Waals surface area contributed by atoms with E-state index in [1.54, 1.807) is 0 Å². The Balaban J connectivity index is 3.42. The Kier molecular flexibility index (Phi) is 3.04. The van der Waals surface area contributed by atoms with Crippen molar-refractivity contribution in [2.75, 3.05) is 0 Å². The van der Waals surface area contributed by atoms with Crippen molar-refractivity contribution in [2.45, 2.75) is 6.61 Å². The van der Waals surface area contributed by atoms with E-state index in [2.05, 4.69) is 15.9 Å². The summed E-state index contributed by atoms with van der Waals surface area (Å²) in [4.78, 5) is 0. The summed E-state index contributed by atoms with van der Waals surface area (Å²) in [5.41, 5.74) is -0.422. The molecule has 0 spiro atoms. The first-order valence-electron chi connectivity index (χ1n) is 3.00. The molecule has 0 amide bonds. The Morgan fingerprint density at radius 1 is 1.42 bits per heavy atom. The predicted octanol–water partition coefficient (Wildman–Crippen LogP) is 2.87. The summed E-state index contributed by atoms with van der Waals surface area (Å²) in [5, 5.41) is 8.37. The van der Waals surface area contributed by atoms with Gasteiger partial charge in [0, 0.05) is 0 Å². The molecule has 12 heavy (non-hydrogen) atoms. The molecular weight excluding hydrogens is 253 g/mol. The quantitative estimate of drug-likeness (QED) is 0.767. The fraction of sp³-hybridized carbons (Fsp3) is 0.143. The average molecular weight is 257 g/mol. The molecule has 0 saturated carbocycles. The molecule has 0 bridgehead atoms. The smallest absolute Gasteiger partial charge is 0.150 e. The fourth-order valence-electron chi connectivity index (χ4n) is 0.761. The highest BCUT2D eigenvalue weighted by Gasteiger charge is 2.14. The highest BCUT2D eigenvalue weighted by Crippen LogP contribution is 2.27. The highest BCUT2D eigenvalue weighted by molar-refractivity contribution is 9.10. The minimum absolute atomic E-state index is 0.0398. The molecule has 0 unspecified atom stereocenters. The maximum absolute atomic E-state index is 12.9. The highest BCUT2D eigenvalue weighted by atomic mass is 79.9. The molecule has 0 heterocycles. The van der Waals surface area contributed by atoms with E-state index in [1.165, 1.54) is 0 Å². The Hall–Kier alpha value is -0.190. The van der Waals surface area contributed by atoms with Crippen LogP contribution >= 0.6 is 27.5 Å². The molecule has 1 aromatic carbocycles. The zero-order valence-electron chi connectivity index (χ0n) is 5.74. The molecule has 5 heteroatoms. The third-order valence-electron chi connectivity index (χ3n) is 1.36.